The van der Waals surface area contributed by atoms with Gasteiger partial charge < -0.3 is 9.84 Å². The molecule has 0 aromatic carbocycles. The summed E-state index contributed by atoms with van der Waals surface area (Å²) < 4.78 is 5.52. The van der Waals surface area contributed by atoms with Gasteiger partial charge in [-0.1, -0.05) is 20.8 Å². The van der Waals surface area contributed by atoms with Crippen LogP contribution in [-0.4, -0.2) is 30.6 Å². The molecule has 0 aliphatic rings. The lowest BCUT2D eigenvalue weighted by Crippen LogP contribution is -2.32. The van der Waals surface area contributed by atoms with Crippen molar-refractivity contribution in [3.05, 3.63) is 0 Å². The fourth-order valence-corrected chi connectivity index (χ4v) is 1.81. The summed E-state index contributed by atoms with van der Waals surface area (Å²) in [5.74, 6) is 1.25. The average molecular weight is 259 g/mol. The van der Waals surface area contributed by atoms with E-state index in [9.17, 15) is 5.11 Å². The fourth-order valence-electron chi connectivity index (χ4n) is 1.81. The minimum atomic E-state index is -0.346. The first-order valence-electron chi connectivity index (χ1n) is 7.44. The van der Waals surface area contributed by atoms with Gasteiger partial charge in [-0.15, -0.1) is 0 Å². The van der Waals surface area contributed by atoms with Gasteiger partial charge in [-0.3, -0.25) is 5.32 Å². The van der Waals surface area contributed by atoms with Crippen LogP contribution in [0, 0.1) is 11.8 Å². The number of ether oxygens (including phenoxy) is 1. The zero-order valence-electron chi connectivity index (χ0n) is 12.9. The highest BCUT2D eigenvalue weighted by molar-refractivity contribution is 4.60. The first kappa shape index (κ1) is 17.9. The van der Waals surface area contributed by atoms with Crippen molar-refractivity contribution in [1.29, 1.82) is 0 Å². The Morgan fingerprint density at radius 2 is 1.67 bits per heavy atom. The van der Waals surface area contributed by atoms with Gasteiger partial charge in [0.05, 0.1) is 6.10 Å². The zero-order valence-corrected chi connectivity index (χ0v) is 12.9. The Morgan fingerprint density at radius 3 is 2.22 bits per heavy atom. The van der Waals surface area contributed by atoms with Gasteiger partial charge >= 0.3 is 0 Å². The van der Waals surface area contributed by atoms with Crippen molar-refractivity contribution < 1.29 is 9.84 Å². The van der Waals surface area contributed by atoms with E-state index in [-0.39, 0.29) is 6.23 Å². The quantitative estimate of drug-likeness (QED) is 0.442. The SMILES string of the molecule is CC(C)CN[C@H](O)CC[C@@H](C)CCCOC(C)C. The Balaban J connectivity index is 3.42. The molecule has 0 saturated heterocycles. The molecule has 0 aliphatic carbocycles. The van der Waals surface area contributed by atoms with Crippen LogP contribution in [0.3, 0.4) is 0 Å². The van der Waals surface area contributed by atoms with Gasteiger partial charge in [-0.05, 0) is 57.9 Å². The number of nitrogens with one attached hydrogen (secondary N) is 1. The van der Waals surface area contributed by atoms with E-state index < -0.39 is 0 Å². The molecule has 0 aromatic heterocycles. The third-order valence-corrected chi connectivity index (χ3v) is 2.99. The van der Waals surface area contributed by atoms with Gasteiger partial charge in [0.15, 0.2) is 0 Å². The Labute approximate surface area is 113 Å². The van der Waals surface area contributed by atoms with Gasteiger partial charge in [0.2, 0.25) is 0 Å². The summed E-state index contributed by atoms with van der Waals surface area (Å²) in [5.41, 5.74) is 0. The van der Waals surface area contributed by atoms with E-state index in [1.807, 2.05) is 0 Å². The summed E-state index contributed by atoms with van der Waals surface area (Å²) in [5, 5.41) is 12.9. The summed E-state index contributed by atoms with van der Waals surface area (Å²) in [6.45, 7) is 12.4. The molecule has 2 atom stereocenters. The average Bonchev–Trinajstić information content (AvgIpc) is 2.29. The third kappa shape index (κ3) is 12.3. The second-order valence-electron chi connectivity index (χ2n) is 6.06. The number of aliphatic hydroxyl groups is 1. The molecular formula is C15H33NO2. The molecule has 18 heavy (non-hydrogen) atoms. The van der Waals surface area contributed by atoms with Crippen LogP contribution in [0.5, 0.6) is 0 Å². The maximum absolute atomic E-state index is 9.76. The Morgan fingerprint density at radius 1 is 1.00 bits per heavy atom. The largest absolute Gasteiger partial charge is 0.379 e. The molecule has 3 nitrogen and oxygen atoms in total. The van der Waals surface area contributed by atoms with Gasteiger partial charge in [0, 0.05) is 6.61 Å². The van der Waals surface area contributed by atoms with Gasteiger partial charge in [-0.2, -0.15) is 0 Å². The van der Waals surface area contributed by atoms with E-state index in [0.717, 1.165) is 32.4 Å². The van der Waals surface area contributed by atoms with E-state index >= 15 is 0 Å². The van der Waals surface area contributed by atoms with E-state index in [4.69, 9.17) is 4.74 Å². The molecule has 0 unspecified atom stereocenters. The van der Waals surface area contributed by atoms with E-state index in [1.165, 1.54) is 6.42 Å². The van der Waals surface area contributed by atoms with Crippen molar-refractivity contribution in [2.24, 2.45) is 11.8 Å². The van der Waals surface area contributed by atoms with Crippen molar-refractivity contribution in [3.63, 3.8) is 0 Å². The second kappa shape index (κ2) is 10.8. The van der Waals surface area contributed by atoms with Gasteiger partial charge in [0.1, 0.15) is 6.23 Å². The smallest absolute Gasteiger partial charge is 0.104 e. The summed E-state index contributed by atoms with van der Waals surface area (Å²) in [6, 6.07) is 0. The molecule has 0 radical (unpaired) electrons. The van der Waals surface area contributed by atoms with Crippen molar-refractivity contribution in [3.8, 4) is 0 Å². The molecular weight excluding hydrogens is 226 g/mol. The summed E-state index contributed by atoms with van der Waals surface area (Å²) in [7, 11) is 0. The van der Waals surface area contributed by atoms with Crippen LogP contribution in [0.15, 0.2) is 0 Å². The van der Waals surface area contributed by atoms with E-state index in [0.29, 0.717) is 17.9 Å². The van der Waals surface area contributed by atoms with Crippen LogP contribution >= 0.6 is 0 Å². The lowest BCUT2D eigenvalue weighted by atomic mass is 9.99. The maximum atomic E-state index is 9.76. The highest BCUT2D eigenvalue weighted by Gasteiger charge is 2.08. The van der Waals surface area contributed by atoms with Crippen molar-refractivity contribution in [1.82, 2.24) is 5.32 Å². The van der Waals surface area contributed by atoms with Crippen LogP contribution in [0.25, 0.3) is 0 Å². The first-order valence-corrected chi connectivity index (χ1v) is 7.44. The molecule has 0 saturated carbocycles. The highest BCUT2D eigenvalue weighted by Crippen LogP contribution is 2.14. The fraction of sp³-hybridized carbons (Fsp3) is 1.00. The molecule has 0 aromatic rings. The molecule has 0 spiro atoms. The van der Waals surface area contributed by atoms with E-state index in [1.54, 1.807) is 0 Å². The predicted octanol–water partition coefficient (Wildman–Crippen LogP) is 3.17. The summed E-state index contributed by atoms with van der Waals surface area (Å²) in [4.78, 5) is 0. The number of hydrogen-bond donors (Lipinski definition) is 2. The minimum Gasteiger partial charge on any atom is -0.379 e. The van der Waals surface area contributed by atoms with Crippen LogP contribution in [0.4, 0.5) is 0 Å². The summed E-state index contributed by atoms with van der Waals surface area (Å²) in [6.07, 6.45) is 4.22. The number of rotatable bonds is 11. The molecule has 0 bridgehead atoms. The molecule has 0 amide bonds. The first-order chi connectivity index (χ1) is 8.41. The maximum Gasteiger partial charge on any atom is 0.104 e. The van der Waals surface area contributed by atoms with Crippen LogP contribution in [0.2, 0.25) is 0 Å². The topological polar surface area (TPSA) is 41.5 Å². The normalized spacial score (nSPS) is 15.3. The molecule has 2 N–H and O–H groups in total. The highest BCUT2D eigenvalue weighted by atomic mass is 16.5. The van der Waals surface area contributed by atoms with Crippen LogP contribution in [-0.2, 0) is 4.74 Å². The lowest BCUT2D eigenvalue weighted by molar-refractivity contribution is 0.0725. The molecule has 110 valence electrons. The van der Waals surface area contributed by atoms with Gasteiger partial charge in [0.25, 0.3) is 0 Å². The molecule has 0 rings (SSSR count). The van der Waals surface area contributed by atoms with Crippen molar-refractivity contribution in [2.45, 2.75) is 72.6 Å². The monoisotopic (exact) mass is 259 g/mol. The molecule has 0 aliphatic heterocycles. The van der Waals surface area contributed by atoms with Crippen LogP contribution in [0.1, 0.15) is 60.3 Å². The molecule has 3 heteroatoms. The lowest BCUT2D eigenvalue weighted by Gasteiger charge is -2.17. The van der Waals surface area contributed by atoms with Crippen LogP contribution < -0.4 is 5.32 Å². The Kier molecular flexibility index (Phi) is 10.7. The Bertz CT molecular complexity index is 183. The number of hydrogen-bond acceptors (Lipinski definition) is 3. The van der Waals surface area contributed by atoms with E-state index in [2.05, 4.69) is 39.9 Å². The van der Waals surface area contributed by atoms with Crippen molar-refractivity contribution >= 4 is 0 Å². The Hall–Kier alpha value is -0.120. The molecule has 0 fully saturated rings. The third-order valence-electron chi connectivity index (χ3n) is 2.99. The zero-order chi connectivity index (χ0) is 14.0. The second-order valence-corrected chi connectivity index (χ2v) is 6.06. The summed E-state index contributed by atoms with van der Waals surface area (Å²) >= 11 is 0. The predicted molar refractivity (Wildman–Crippen MR) is 77.6 cm³/mol. The van der Waals surface area contributed by atoms with Gasteiger partial charge in [-0.25, -0.2) is 0 Å². The number of aliphatic hydroxyl groups excluding tert-OH is 1. The van der Waals surface area contributed by atoms with Crippen molar-refractivity contribution in [2.75, 3.05) is 13.2 Å². The minimum absolute atomic E-state index is 0.336. The molecule has 0 heterocycles. The standard InChI is InChI=1S/C15H33NO2/c1-12(2)11-16-15(17)9-8-14(5)7-6-10-18-13(3)4/h12-17H,6-11H2,1-5H3/t14-,15+/m0/s1.